The minimum absolute atomic E-state index is 0.143. The Morgan fingerprint density at radius 2 is 0.848 bits per heavy atom. The minimum atomic E-state index is -1.55. The zero-order chi connectivity index (χ0) is 25.2. The fourth-order valence-corrected chi connectivity index (χ4v) is 8.20. The zero-order valence-corrected chi connectivity index (χ0v) is 25.6. The molecule has 0 unspecified atom stereocenters. The van der Waals surface area contributed by atoms with Gasteiger partial charge in [-0.15, -0.1) is 0 Å². The molecule has 184 valence electrons. The summed E-state index contributed by atoms with van der Waals surface area (Å²) in [5, 5.41) is 0. The first-order valence-corrected chi connectivity index (χ1v) is 19.6. The maximum absolute atomic E-state index is 2.77. The number of rotatable bonds is 8. The second-order valence-corrected chi connectivity index (χ2v) is 23.3. The summed E-state index contributed by atoms with van der Waals surface area (Å²) < 4.78 is 5.54. The smallest absolute Gasteiger partial charge is 0.147 e. The third kappa shape index (κ3) is 7.23. The molecule has 0 saturated carbocycles. The lowest BCUT2D eigenvalue weighted by atomic mass is 9.85. The van der Waals surface area contributed by atoms with Crippen molar-refractivity contribution in [2.75, 3.05) is 22.2 Å². The van der Waals surface area contributed by atoms with Crippen molar-refractivity contribution in [1.29, 1.82) is 0 Å². The Kier molecular flexibility index (Phi) is 8.39. The van der Waals surface area contributed by atoms with Crippen LogP contribution in [0.1, 0.15) is 59.1 Å². The summed E-state index contributed by atoms with van der Waals surface area (Å²) in [6.07, 6.45) is 1.17. The van der Waals surface area contributed by atoms with E-state index >= 15 is 0 Å². The Balaban J connectivity index is 2.36. The van der Waals surface area contributed by atoms with Gasteiger partial charge in [0.1, 0.15) is 16.5 Å². The van der Waals surface area contributed by atoms with E-state index in [-0.39, 0.29) is 10.8 Å². The van der Waals surface area contributed by atoms with Gasteiger partial charge in [-0.3, -0.25) is 0 Å². The SMILES string of the molecule is CC(C)(C)c1ccccc1N(CCCN(c1ccccc1C(C)(C)C)[Si](C)(C)C)[Si](C)(C)C. The Morgan fingerprint density at radius 1 is 0.545 bits per heavy atom. The first-order valence-electron chi connectivity index (χ1n) is 12.7. The molecule has 0 aromatic heterocycles. The Labute approximate surface area is 207 Å². The first kappa shape index (κ1) is 27.7. The maximum atomic E-state index is 2.77. The third-order valence-electron chi connectivity index (χ3n) is 6.39. The van der Waals surface area contributed by atoms with Crippen LogP contribution in [0.15, 0.2) is 48.5 Å². The Morgan fingerprint density at radius 3 is 1.12 bits per heavy atom. The molecule has 0 atom stereocenters. The van der Waals surface area contributed by atoms with Crippen molar-refractivity contribution in [2.24, 2.45) is 0 Å². The van der Waals surface area contributed by atoms with E-state index in [0.29, 0.717) is 0 Å². The highest BCUT2D eigenvalue weighted by Crippen LogP contribution is 2.36. The molecule has 0 heterocycles. The highest BCUT2D eigenvalue weighted by Gasteiger charge is 2.31. The number of hydrogen-bond donors (Lipinski definition) is 0. The van der Waals surface area contributed by atoms with Gasteiger partial charge in [0.05, 0.1) is 0 Å². The van der Waals surface area contributed by atoms with E-state index in [1.165, 1.54) is 28.9 Å². The lowest BCUT2D eigenvalue weighted by Gasteiger charge is -2.42. The zero-order valence-electron chi connectivity index (χ0n) is 23.6. The molecule has 0 fully saturated rings. The summed E-state index contributed by atoms with van der Waals surface area (Å²) in [5.74, 6) is 0. The van der Waals surface area contributed by atoms with E-state index in [9.17, 15) is 0 Å². The number of anilines is 2. The molecule has 0 radical (unpaired) electrons. The normalized spacial score (nSPS) is 13.2. The second kappa shape index (κ2) is 9.99. The number of para-hydroxylation sites is 2. The van der Waals surface area contributed by atoms with Crippen molar-refractivity contribution in [3.8, 4) is 0 Å². The number of benzene rings is 2. The topological polar surface area (TPSA) is 6.48 Å². The van der Waals surface area contributed by atoms with Crippen LogP contribution >= 0.6 is 0 Å². The molecule has 0 aliphatic carbocycles. The van der Waals surface area contributed by atoms with Gasteiger partial charge in [0.2, 0.25) is 0 Å². The van der Waals surface area contributed by atoms with E-state index < -0.39 is 16.5 Å². The predicted molar refractivity (Wildman–Crippen MR) is 156 cm³/mol. The molecule has 0 bridgehead atoms. The summed E-state index contributed by atoms with van der Waals surface area (Å²) in [5.41, 5.74) is 6.10. The van der Waals surface area contributed by atoms with Crippen molar-refractivity contribution in [1.82, 2.24) is 0 Å². The van der Waals surface area contributed by atoms with E-state index in [1.54, 1.807) is 0 Å². The van der Waals surface area contributed by atoms with Crippen LogP contribution in [-0.2, 0) is 10.8 Å². The predicted octanol–water partition coefficient (Wildman–Crippen LogP) is 8.65. The molecule has 0 aliphatic heterocycles. The second-order valence-electron chi connectivity index (χ2n) is 13.5. The van der Waals surface area contributed by atoms with Crippen LogP contribution in [-0.4, -0.2) is 29.6 Å². The largest absolute Gasteiger partial charge is 0.398 e. The highest BCUT2D eigenvalue weighted by molar-refractivity contribution is 6.80. The summed E-state index contributed by atoms with van der Waals surface area (Å²) >= 11 is 0. The molecule has 0 aliphatic rings. The van der Waals surface area contributed by atoms with Crippen LogP contribution in [0.2, 0.25) is 39.3 Å². The van der Waals surface area contributed by atoms with Gasteiger partial charge in [0, 0.05) is 24.5 Å². The Hall–Kier alpha value is -1.53. The quantitative estimate of drug-likeness (QED) is 0.347. The molecule has 0 spiro atoms. The average Bonchev–Trinajstić information content (AvgIpc) is 2.64. The monoisotopic (exact) mass is 482 g/mol. The van der Waals surface area contributed by atoms with Crippen molar-refractivity contribution < 1.29 is 0 Å². The van der Waals surface area contributed by atoms with E-state index in [0.717, 1.165) is 13.1 Å². The summed E-state index contributed by atoms with van der Waals surface area (Å²) in [4.78, 5) is 0. The lowest BCUT2D eigenvalue weighted by Crippen LogP contribution is -2.51. The first-order chi connectivity index (χ1) is 14.9. The molecule has 2 nitrogen and oxygen atoms in total. The van der Waals surface area contributed by atoms with Gasteiger partial charge >= 0.3 is 0 Å². The van der Waals surface area contributed by atoms with Gasteiger partial charge in [0.15, 0.2) is 0 Å². The fourth-order valence-electron chi connectivity index (χ4n) is 4.71. The van der Waals surface area contributed by atoms with Gasteiger partial charge in [-0.05, 0) is 40.5 Å². The average molecular weight is 483 g/mol. The van der Waals surface area contributed by atoms with E-state index in [4.69, 9.17) is 0 Å². The molecule has 0 saturated heterocycles. The van der Waals surface area contributed by atoms with Gasteiger partial charge in [-0.25, -0.2) is 0 Å². The van der Waals surface area contributed by atoms with Gasteiger partial charge in [0.25, 0.3) is 0 Å². The number of hydrogen-bond acceptors (Lipinski definition) is 2. The van der Waals surface area contributed by atoms with Crippen molar-refractivity contribution in [3.05, 3.63) is 59.7 Å². The molecular weight excluding hydrogens is 433 g/mol. The van der Waals surface area contributed by atoms with E-state index in [2.05, 4.69) is 138 Å². The van der Waals surface area contributed by atoms with Crippen LogP contribution in [0.5, 0.6) is 0 Å². The van der Waals surface area contributed by atoms with Gasteiger partial charge in [-0.2, -0.15) is 0 Å². The maximum Gasteiger partial charge on any atom is 0.147 e. The summed E-state index contributed by atoms with van der Waals surface area (Å²) in [6, 6.07) is 18.2. The fraction of sp³-hybridized carbons (Fsp3) is 0.586. The van der Waals surface area contributed by atoms with Crippen LogP contribution in [0.4, 0.5) is 11.4 Å². The third-order valence-corrected chi connectivity index (χ3v) is 10.6. The van der Waals surface area contributed by atoms with E-state index in [1.807, 2.05) is 0 Å². The number of nitrogens with zero attached hydrogens (tertiary/aromatic N) is 2. The molecule has 2 rings (SSSR count). The molecule has 0 amide bonds. The lowest BCUT2D eigenvalue weighted by molar-refractivity contribution is 0.588. The van der Waals surface area contributed by atoms with Crippen LogP contribution in [0, 0.1) is 0 Å². The summed E-state index contributed by atoms with van der Waals surface area (Å²) in [7, 11) is -3.10. The van der Waals surface area contributed by atoms with Crippen molar-refractivity contribution in [2.45, 2.75) is 98.1 Å². The van der Waals surface area contributed by atoms with Crippen LogP contribution in [0.3, 0.4) is 0 Å². The van der Waals surface area contributed by atoms with Gasteiger partial charge in [-0.1, -0.05) is 117 Å². The van der Waals surface area contributed by atoms with Crippen molar-refractivity contribution in [3.63, 3.8) is 0 Å². The molecule has 33 heavy (non-hydrogen) atoms. The van der Waals surface area contributed by atoms with Crippen molar-refractivity contribution >= 4 is 27.8 Å². The van der Waals surface area contributed by atoms with Crippen LogP contribution < -0.4 is 9.13 Å². The minimum Gasteiger partial charge on any atom is -0.398 e. The standard InChI is InChI=1S/C29H50N2Si2/c1-28(2,3)24-18-13-15-20-26(24)30(32(7,8)9)22-17-23-31(33(10,11)12)27-21-16-14-19-25(27)29(4,5)6/h13-16,18-21H,17,22-23H2,1-12H3. The van der Waals surface area contributed by atoms with Gasteiger partial charge < -0.3 is 9.13 Å². The highest BCUT2D eigenvalue weighted by atomic mass is 28.3. The van der Waals surface area contributed by atoms with Crippen LogP contribution in [0.25, 0.3) is 0 Å². The summed E-state index contributed by atoms with van der Waals surface area (Å²) in [6.45, 7) is 31.2. The molecule has 2 aromatic carbocycles. The molecule has 2 aromatic rings. The Bertz CT molecular complexity index is 833. The molecule has 0 N–H and O–H groups in total. The molecular formula is C29H50N2Si2. The molecule has 4 heteroatoms.